The molecule has 0 N–H and O–H groups in total. The monoisotopic (exact) mass is 174 g/mol. The summed E-state index contributed by atoms with van der Waals surface area (Å²) in [6.45, 7) is 0.201. The Balaban J connectivity index is 2.93. The van der Waals surface area contributed by atoms with Crippen molar-refractivity contribution in [2.24, 2.45) is 0 Å². The Kier molecular flexibility index (Phi) is 2.40. The summed E-state index contributed by atoms with van der Waals surface area (Å²) in [5.41, 5.74) is 0.336. The first-order valence-corrected chi connectivity index (χ1v) is 3.57. The minimum absolute atomic E-state index is 0.0836. The Morgan fingerprint density at radius 2 is 1.67 bits per heavy atom. The zero-order valence-electron chi connectivity index (χ0n) is 6.65. The molecule has 0 bridgehead atoms. The van der Waals surface area contributed by atoms with Gasteiger partial charge in [-0.2, -0.15) is 0 Å². The molecule has 0 fully saturated rings. The Morgan fingerprint density at radius 3 is 2.00 bits per heavy atom. The molecule has 0 unspecified atom stereocenters. The lowest BCUT2D eigenvalue weighted by molar-refractivity contribution is 0.0174. The largest absolute Gasteiger partial charge is 0.270 e. The first-order valence-electron chi connectivity index (χ1n) is 3.57. The molecule has 0 amide bonds. The highest BCUT2D eigenvalue weighted by molar-refractivity contribution is 5.24. The van der Waals surface area contributed by atoms with E-state index in [9.17, 15) is 13.2 Å². The van der Waals surface area contributed by atoms with Gasteiger partial charge in [0.25, 0.3) is 5.92 Å². The summed E-state index contributed by atoms with van der Waals surface area (Å²) in [5.74, 6) is -2.84. The zero-order chi connectivity index (χ0) is 9.19. The molecule has 1 rings (SSSR count). The van der Waals surface area contributed by atoms with Crippen LogP contribution in [0, 0.1) is 0 Å². The molecule has 12 heavy (non-hydrogen) atoms. The fourth-order valence-electron chi connectivity index (χ4n) is 0.886. The van der Waals surface area contributed by atoms with Crippen molar-refractivity contribution in [1.29, 1.82) is 0 Å². The molecule has 0 aliphatic rings. The van der Waals surface area contributed by atoms with E-state index in [1.807, 2.05) is 0 Å². The van der Waals surface area contributed by atoms with Gasteiger partial charge in [0.05, 0.1) is 0 Å². The molecule has 0 saturated carbocycles. The highest BCUT2D eigenvalue weighted by atomic mass is 19.3. The Bertz CT molecular complexity index is 245. The molecule has 0 aliphatic heterocycles. The van der Waals surface area contributed by atoms with Crippen molar-refractivity contribution in [3.8, 4) is 0 Å². The smallest absolute Gasteiger partial charge is 0.246 e. The quantitative estimate of drug-likeness (QED) is 0.645. The summed E-state index contributed by atoms with van der Waals surface area (Å²) in [6.07, 6.45) is 0. The Morgan fingerprint density at radius 1 is 1.17 bits per heavy atom. The van der Waals surface area contributed by atoms with Crippen molar-refractivity contribution in [1.82, 2.24) is 0 Å². The van der Waals surface area contributed by atoms with Gasteiger partial charge in [0.1, 0.15) is 6.67 Å². The van der Waals surface area contributed by atoms with Gasteiger partial charge in [0.2, 0.25) is 0 Å². The van der Waals surface area contributed by atoms with Crippen molar-refractivity contribution < 1.29 is 13.2 Å². The summed E-state index contributed by atoms with van der Waals surface area (Å²) in [4.78, 5) is 0. The van der Waals surface area contributed by atoms with Gasteiger partial charge in [0.15, 0.2) is 0 Å². The highest BCUT2D eigenvalue weighted by Gasteiger charge is 2.23. The van der Waals surface area contributed by atoms with Crippen molar-refractivity contribution in [2.45, 2.75) is 19.5 Å². The van der Waals surface area contributed by atoms with Crippen LogP contribution in [0.4, 0.5) is 13.2 Å². The second kappa shape index (κ2) is 3.17. The topological polar surface area (TPSA) is 0 Å². The number of halogens is 3. The third-order valence-electron chi connectivity index (χ3n) is 1.62. The van der Waals surface area contributed by atoms with Crippen molar-refractivity contribution in [3.05, 3.63) is 35.4 Å². The molecule has 0 radical (unpaired) electrons. The predicted octanol–water partition coefficient (Wildman–Crippen LogP) is 3.27. The first-order chi connectivity index (χ1) is 5.54. The van der Waals surface area contributed by atoms with Crippen molar-refractivity contribution in [2.75, 3.05) is 0 Å². The molecule has 0 saturated heterocycles. The van der Waals surface area contributed by atoms with Gasteiger partial charge in [-0.1, -0.05) is 24.3 Å². The zero-order valence-corrected chi connectivity index (χ0v) is 6.65. The standard InChI is InChI=1S/C9H9F3/c1-9(11,12)8-4-2-7(6-10)3-5-8/h2-5H,6H2,1H3. The summed E-state index contributed by atoms with van der Waals surface area (Å²) in [6, 6.07) is 5.23. The maximum atomic E-state index is 12.6. The molecule has 1 aromatic carbocycles. The molecule has 0 aromatic heterocycles. The fraction of sp³-hybridized carbons (Fsp3) is 0.333. The fourth-order valence-corrected chi connectivity index (χ4v) is 0.886. The van der Waals surface area contributed by atoms with Crippen LogP contribution in [0.5, 0.6) is 0 Å². The minimum Gasteiger partial charge on any atom is -0.246 e. The number of benzene rings is 1. The molecule has 1 aromatic rings. The molecule has 0 spiro atoms. The van der Waals surface area contributed by atoms with Crippen LogP contribution < -0.4 is 0 Å². The average molecular weight is 174 g/mol. The molecule has 0 aliphatic carbocycles. The number of hydrogen-bond acceptors (Lipinski definition) is 0. The lowest BCUT2D eigenvalue weighted by atomic mass is 10.1. The maximum Gasteiger partial charge on any atom is 0.270 e. The lowest BCUT2D eigenvalue weighted by Crippen LogP contribution is -2.06. The summed E-state index contributed by atoms with van der Waals surface area (Å²) in [5, 5.41) is 0. The van der Waals surface area contributed by atoms with E-state index >= 15 is 0 Å². The predicted molar refractivity (Wildman–Crippen MR) is 40.8 cm³/mol. The average Bonchev–Trinajstić information content (AvgIpc) is 2.03. The molecule has 0 nitrogen and oxygen atoms in total. The SMILES string of the molecule is CC(F)(F)c1ccc(CF)cc1. The second-order valence-corrected chi connectivity index (χ2v) is 2.72. The number of hydrogen-bond donors (Lipinski definition) is 0. The van der Waals surface area contributed by atoms with Crippen LogP contribution in [0.3, 0.4) is 0 Å². The summed E-state index contributed by atoms with van der Waals surface area (Å²) < 4.78 is 37.2. The molecule has 0 atom stereocenters. The third-order valence-corrected chi connectivity index (χ3v) is 1.62. The van der Waals surface area contributed by atoms with Crippen LogP contribution >= 0.6 is 0 Å². The molecule has 66 valence electrons. The highest BCUT2D eigenvalue weighted by Crippen LogP contribution is 2.26. The van der Waals surface area contributed by atoms with Crippen LogP contribution in [0.15, 0.2) is 24.3 Å². The van der Waals surface area contributed by atoms with Gasteiger partial charge in [-0.3, -0.25) is 0 Å². The second-order valence-electron chi connectivity index (χ2n) is 2.72. The van der Waals surface area contributed by atoms with E-state index < -0.39 is 12.6 Å². The van der Waals surface area contributed by atoms with Gasteiger partial charge < -0.3 is 0 Å². The van der Waals surface area contributed by atoms with Crippen LogP contribution in [0.1, 0.15) is 18.1 Å². The Hall–Kier alpha value is -0.990. The van der Waals surface area contributed by atoms with E-state index in [1.54, 1.807) is 0 Å². The van der Waals surface area contributed by atoms with E-state index in [-0.39, 0.29) is 5.56 Å². The minimum atomic E-state index is -2.84. The maximum absolute atomic E-state index is 12.6. The lowest BCUT2D eigenvalue weighted by Gasteiger charge is -2.09. The Labute approximate surface area is 69.0 Å². The molecular formula is C9H9F3. The van der Waals surface area contributed by atoms with Gasteiger partial charge in [-0.15, -0.1) is 0 Å². The summed E-state index contributed by atoms with van der Waals surface area (Å²) >= 11 is 0. The van der Waals surface area contributed by atoms with Gasteiger partial charge >= 0.3 is 0 Å². The van der Waals surface area contributed by atoms with Crippen molar-refractivity contribution in [3.63, 3.8) is 0 Å². The molecule has 0 heterocycles. The van der Waals surface area contributed by atoms with Gasteiger partial charge in [-0.05, 0) is 5.56 Å². The van der Waals surface area contributed by atoms with E-state index in [4.69, 9.17) is 0 Å². The van der Waals surface area contributed by atoms with E-state index in [1.165, 1.54) is 24.3 Å². The number of alkyl halides is 3. The third kappa shape index (κ3) is 2.00. The molecule has 3 heteroatoms. The van der Waals surface area contributed by atoms with E-state index in [2.05, 4.69) is 0 Å². The summed E-state index contributed by atoms with van der Waals surface area (Å²) in [7, 11) is 0. The normalized spacial score (nSPS) is 11.7. The van der Waals surface area contributed by atoms with Crippen LogP contribution in [0.25, 0.3) is 0 Å². The van der Waals surface area contributed by atoms with Gasteiger partial charge in [-0.25, -0.2) is 13.2 Å². The van der Waals surface area contributed by atoms with E-state index in [0.717, 1.165) is 6.92 Å². The van der Waals surface area contributed by atoms with E-state index in [0.29, 0.717) is 5.56 Å². The van der Waals surface area contributed by atoms with Crippen LogP contribution in [0.2, 0.25) is 0 Å². The van der Waals surface area contributed by atoms with Crippen LogP contribution in [-0.4, -0.2) is 0 Å². The van der Waals surface area contributed by atoms with Crippen LogP contribution in [-0.2, 0) is 12.6 Å². The van der Waals surface area contributed by atoms with Crippen molar-refractivity contribution >= 4 is 0 Å². The van der Waals surface area contributed by atoms with Gasteiger partial charge in [0, 0.05) is 12.5 Å². The number of rotatable bonds is 2. The molecular weight excluding hydrogens is 165 g/mol. The first kappa shape index (κ1) is 9.10.